The van der Waals surface area contributed by atoms with E-state index >= 15 is 0 Å². The molecule has 0 bridgehead atoms. The maximum Gasteiger partial charge on any atom is 0.306 e. The maximum atomic E-state index is 12.4. The molecule has 0 saturated carbocycles. The number of piperidine rings is 1. The maximum absolute atomic E-state index is 12.4. The van der Waals surface area contributed by atoms with Crippen LogP contribution in [0.5, 0.6) is 0 Å². The van der Waals surface area contributed by atoms with Gasteiger partial charge in [-0.25, -0.2) is 0 Å². The normalized spacial score (nSPS) is 13.6. The van der Waals surface area contributed by atoms with Crippen LogP contribution in [0.3, 0.4) is 0 Å². The smallest absolute Gasteiger partial charge is 0.306 e. The lowest BCUT2D eigenvalue weighted by molar-refractivity contribution is -0.144. The van der Waals surface area contributed by atoms with E-state index in [2.05, 4.69) is 10.6 Å². The molecule has 0 spiro atoms. The van der Waals surface area contributed by atoms with Crippen LogP contribution in [0, 0.1) is 0 Å². The predicted molar refractivity (Wildman–Crippen MR) is 106 cm³/mol. The largest absolute Gasteiger partial charge is 0.466 e. The van der Waals surface area contributed by atoms with Gasteiger partial charge in [-0.15, -0.1) is 0 Å². The Morgan fingerprint density at radius 1 is 1.07 bits per heavy atom. The van der Waals surface area contributed by atoms with Crippen molar-refractivity contribution in [3.05, 3.63) is 29.8 Å². The average Bonchev–Trinajstić information content (AvgIpc) is 2.67. The molecule has 1 fully saturated rings. The lowest BCUT2D eigenvalue weighted by Gasteiger charge is -2.26. The van der Waals surface area contributed by atoms with E-state index in [1.54, 1.807) is 31.2 Å². The molecular weight excluding hydrogens is 366 g/mol. The third-order valence-electron chi connectivity index (χ3n) is 4.15. The van der Waals surface area contributed by atoms with Gasteiger partial charge in [-0.1, -0.05) is 0 Å². The molecule has 0 unspecified atom stereocenters. The molecule has 8 heteroatoms. The molecule has 7 nitrogen and oxygen atoms in total. The molecule has 2 N–H and O–H groups in total. The summed E-state index contributed by atoms with van der Waals surface area (Å²) in [7, 11) is 0. The second-order valence-electron chi connectivity index (χ2n) is 6.24. The van der Waals surface area contributed by atoms with E-state index in [0.717, 1.165) is 25.9 Å². The highest BCUT2D eigenvalue weighted by atomic mass is 32.1. The number of amides is 2. The molecule has 2 rings (SSSR count). The molecule has 1 aromatic carbocycles. The van der Waals surface area contributed by atoms with Crippen molar-refractivity contribution >= 4 is 40.8 Å². The molecule has 1 saturated heterocycles. The van der Waals surface area contributed by atoms with Crippen LogP contribution in [-0.2, 0) is 14.3 Å². The van der Waals surface area contributed by atoms with E-state index < -0.39 is 5.97 Å². The molecule has 2 amide bonds. The fourth-order valence-corrected chi connectivity index (χ4v) is 3.01. The number of likely N-dealkylation sites (tertiary alicyclic amines) is 1. The minimum absolute atomic E-state index is 0.00390. The van der Waals surface area contributed by atoms with Crippen LogP contribution in [0.2, 0.25) is 0 Å². The number of ether oxygens (including phenoxy) is 1. The highest BCUT2D eigenvalue weighted by Gasteiger charge is 2.18. The Kier molecular flexibility index (Phi) is 8.19. The van der Waals surface area contributed by atoms with Gasteiger partial charge in [-0.2, -0.15) is 0 Å². The second kappa shape index (κ2) is 10.6. The molecule has 1 heterocycles. The van der Waals surface area contributed by atoms with E-state index in [-0.39, 0.29) is 36.4 Å². The highest BCUT2D eigenvalue weighted by molar-refractivity contribution is 7.80. The average molecular weight is 391 g/mol. The number of esters is 1. The molecule has 0 atom stereocenters. The van der Waals surface area contributed by atoms with Crippen molar-refractivity contribution in [3.63, 3.8) is 0 Å². The molecular formula is C19H25N3O4S. The van der Waals surface area contributed by atoms with Crippen molar-refractivity contribution in [2.75, 3.05) is 25.0 Å². The number of hydrogen-bond donors (Lipinski definition) is 2. The fraction of sp³-hybridized carbons (Fsp3) is 0.474. The van der Waals surface area contributed by atoms with E-state index in [4.69, 9.17) is 17.0 Å². The molecule has 1 aliphatic heterocycles. The number of nitrogens with zero attached hydrogens (tertiary/aromatic N) is 1. The first kappa shape index (κ1) is 20.8. The summed E-state index contributed by atoms with van der Waals surface area (Å²) in [5.74, 6) is -0.742. The first-order valence-electron chi connectivity index (χ1n) is 9.15. The van der Waals surface area contributed by atoms with Gasteiger partial charge in [-0.05, 0) is 62.7 Å². The summed E-state index contributed by atoms with van der Waals surface area (Å²) in [6.07, 6.45) is 3.29. The van der Waals surface area contributed by atoms with Gasteiger partial charge in [0.05, 0.1) is 13.0 Å². The third-order valence-corrected chi connectivity index (χ3v) is 4.35. The van der Waals surface area contributed by atoms with Gasteiger partial charge >= 0.3 is 5.97 Å². The number of carbonyl (C=O) groups excluding carboxylic acids is 3. The Labute approximate surface area is 164 Å². The monoisotopic (exact) mass is 391 g/mol. The summed E-state index contributed by atoms with van der Waals surface area (Å²) in [6.45, 7) is 3.61. The Morgan fingerprint density at radius 2 is 1.74 bits per heavy atom. The van der Waals surface area contributed by atoms with Crippen LogP contribution in [0.15, 0.2) is 24.3 Å². The second-order valence-corrected chi connectivity index (χ2v) is 6.65. The number of thiocarbonyl (C=S) groups is 1. The summed E-state index contributed by atoms with van der Waals surface area (Å²) in [4.78, 5) is 37.3. The lowest BCUT2D eigenvalue weighted by atomic mass is 10.1. The van der Waals surface area contributed by atoms with Crippen LogP contribution in [-0.4, -0.2) is 47.5 Å². The van der Waals surface area contributed by atoms with Crippen LogP contribution in [0.1, 0.15) is 49.4 Å². The Morgan fingerprint density at radius 3 is 2.37 bits per heavy atom. The zero-order valence-electron chi connectivity index (χ0n) is 15.5. The van der Waals surface area contributed by atoms with E-state index in [0.29, 0.717) is 11.3 Å². The van der Waals surface area contributed by atoms with E-state index in [1.807, 2.05) is 4.90 Å². The van der Waals surface area contributed by atoms with Crippen LogP contribution < -0.4 is 10.6 Å². The summed E-state index contributed by atoms with van der Waals surface area (Å²) in [5, 5.41) is 5.54. The summed E-state index contributed by atoms with van der Waals surface area (Å²) in [5.41, 5.74) is 1.30. The molecule has 0 aliphatic carbocycles. The topological polar surface area (TPSA) is 87.7 Å². The van der Waals surface area contributed by atoms with Crippen LogP contribution in [0.4, 0.5) is 5.69 Å². The van der Waals surface area contributed by atoms with Gasteiger partial charge in [0.2, 0.25) is 5.91 Å². The Balaban J connectivity index is 1.79. The van der Waals surface area contributed by atoms with Crippen LogP contribution in [0.25, 0.3) is 0 Å². The van der Waals surface area contributed by atoms with Crippen molar-refractivity contribution < 1.29 is 19.1 Å². The number of hydrogen-bond acceptors (Lipinski definition) is 5. The summed E-state index contributed by atoms with van der Waals surface area (Å²) in [6, 6.07) is 6.97. The SMILES string of the molecule is CCOC(=O)CCC(=O)NC(=S)Nc1ccc(C(=O)N2CCCCC2)cc1. The van der Waals surface area contributed by atoms with Crippen LogP contribution >= 0.6 is 12.2 Å². The van der Waals surface area contributed by atoms with Gasteiger partial charge in [0.15, 0.2) is 5.11 Å². The summed E-state index contributed by atoms with van der Waals surface area (Å²) >= 11 is 5.10. The van der Waals surface area contributed by atoms with Crippen molar-refractivity contribution in [2.24, 2.45) is 0 Å². The van der Waals surface area contributed by atoms with Crippen molar-refractivity contribution in [3.8, 4) is 0 Å². The number of benzene rings is 1. The molecule has 0 radical (unpaired) electrons. The molecule has 1 aliphatic rings. The van der Waals surface area contributed by atoms with E-state index in [1.165, 1.54) is 6.42 Å². The van der Waals surface area contributed by atoms with Crippen molar-refractivity contribution in [2.45, 2.75) is 39.0 Å². The van der Waals surface area contributed by atoms with Crippen molar-refractivity contribution in [1.82, 2.24) is 10.2 Å². The number of rotatable bonds is 6. The van der Waals surface area contributed by atoms with Gasteiger partial charge in [0.25, 0.3) is 5.91 Å². The minimum Gasteiger partial charge on any atom is -0.466 e. The molecule has 0 aromatic heterocycles. The molecule has 1 aromatic rings. The van der Waals surface area contributed by atoms with Gasteiger partial charge in [0.1, 0.15) is 0 Å². The number of anilines is 1. The van der Waals surface area contributed by atoms with Gasteiger partial charge in [0, 0.05) is 30.8 Å². The third kappa shape index (κ3) is 6.97. The van der Waals surface area contributed by atoms with E-state index in [9.17, 15) is 14.4 Å². The van der Waals surface area contributed by atoms with Gasteiger partial charge < -0.3 is 20.3 Å². The first-order valence-corrected chi connectivity index (χ1v) is 9.56. The standard InChI is InChI=1S/C19H25N3O4S/c1-2-26-17(24)11-10-16(23)21-19(27)20-15-8-6-14(7-9-15)18(25)22-12-4-3-5-13-22/h6-9H,2-5,10-13H2,1H3,(H2,20,21,23,27). The molecule has 146 valence electrons. The zero-order valence-corrected chi connectivity index (χ0v) is 16.3. The predicted octanol–water partition coefficient (Wildman–Crippen LogP) is 2.47. The Hall–Kier alpha value is -2.48. The fourth-order valence-electron chi connectivity index (χ4n) is 2.78. The Bertz CT molecular complexity index is 685. The number of carbonyl (C=O) groups is 3. The highest BCUT2D eigenvalue weighted by Crippen LogP contribution is 2.15. The zero-order chi connectivity index (χ0) is 19.6. The minimum atomic E-state index is -0.416. The molecule has 27 heavy (non-hydrogen) atoms. The first-order chi connectivity index (χ1) is 13.0. The summed E-state index contributed by atoms with van der Waals surface area (Å²) < 4.78 is 4.77. The quantitative estimate of drug-likeness (QED) is 0.572. The number of nitrogens with one attached hydrogen (secondary N) is 2. The van der Waals surface area contributed by atoms with Gasteiger partial charge in [-0.3, -0.25) is 14.4 Å². The van der Waals surface area contributed by atoms with Crippen molar-refractivity contribution in [1.29, 1.82) is 0 Å². The lowest BCUT2D eigenvalue weighted by Crippen LogP contribution is -2.35.